The Morgan fingerprint density at radius 1 is 1.39 bits per heavy atom. The standard InChI is InChI=1S/C14H22N2O2/c1-12(2,3)18-11(17)16-8-9-13(4,5)14(9,6)10(16)7-15/h9-10H,8H2,1-6H3/t9-,10-,14-/m0/s1. The summed E-state index contributed by atoms with van der Waals surface area (Å²) in [6.45, 7) is 12.6. The molecule has 0 aromatic rings. The van der Waals surface area contributed by atoms with Gasteiger partial charge in [0.1, 0.15) is 11.6 Å². The maximum absolute atomic E-state index is 12.1. The highest BCUT2D eigenvalue weighted by Crippen LogP contribution is 2.74. The second-order valence-electron chi connectivity index (χ2n) is 7.22. The molecule has 2 fully saturated rings. The average Bonchev–Trinajstić information content (AvgIpc) is 2.54. The monoisotopic (exact) mass is 250 g/mol. The summed E-state index contributed by atoms with van der Waals surface area (Å²) in [5, 5.41) is 9.38. The van der Waals surface area contributed by atoms with Crippen molar-refractivity contribution in [1.29, 1.82) is 5.26 Å². The first kappa shape index (κ1) is 13.2. The van der Waals surface area contributed by atoms with E-state index in [-0.39, 0.29) is 23.0 Å². The highest BCUT2D eigenvalue weighted by molar-refractivity contribution is 5.70. The number of rotatable bonds is 0. The Kier molecular flexibility index (Phi) is 2.50. The van der Waals surface area contributed by atoms with Crippen molar-refractivity contribution in [3.8, 4) is 6.07 Å². The van der Waals surface area contributed by atoms with Crippen LogP contribution in [0.2, 0.25) is 0 Å². The molecule has 100 valence electrons. The van der Waals surface area contributed by atoms with Gasteiger partial charge in [-0.15, -0.1) is 0 Å². The van der Waals surface area contributed by atoms with Crippen LogP contribution in [0.3, 0.4) is 0 Å². The molecule has 1 amide bonds. The highest BCUT2D eigenvalue weighted by Gasteiger charge is 2.77. The van der Waals surface area contributed by atoms with Gasteiger partial charge < -0.3 is 4.74 Å². The molecule has 0 radical (unpaired) electrons. The second kappa shape index (κ2) is 3.40. The molecule has 4 heteroatoms. The van der Waals surface area contributed by atoms with Crippen LogP contribution in [0, 0.1) is 28.1 Å². The van der Waals surface area contributed by atoms with Crippen molar-refractivity contribution in [1.82, 2.24) is 4.90 Å². The van der Waals surface area contributed by atoms with E-state index >= 15 is 0 Å². The van der Waals surface area contributed by atoms with Crippen molar-refractivity contribution in [2.24, 2.45) is 16.7 Å². The van der Waals surface area contributed by atoms with E-state index in [0.717, 1.165) is 0 Å². The van der Waals surface area contributed by atoms with Gasteiger partial charge in [0.05, 0.1) is 6.07 Å². The molecule has 1 saturated heterocycles. The molecular formula is C14H22N2O2. The number of amides is 1. The van der Waals surface area contributed by atoms with Crippen LogP contribution in [0.1, 0.15) is 41.5 Å². The van der Waals surface area contributed by atoms with E-state index in [1.807, 2.05) is 20.8 Å². The highest BCUT2D eigenvalue weighted by atomic mass is 16.6. The number of hydrogen-bond donors (Lipinski definition) is 0. The van der Waals surface area contributed by atoms with Crippen molar-refractivity contribution < 1.29 is 9.53 Å². The lowest BCUT2D eigenvalue weighted by molar-refractivity contribution is 0.0181. The summed E-state index contributed by atoms with van der Waals surface area (Å²) in [6, 6.07) is 1.93. The predicted octanol–water partition coefficient (Wildman–Crippen LogP) is 2.79. The van der Waals surface area contributed by atoms with E-state index in [2.05, 4.69) is 26.8 Å². The van der Waals surface area contributed by atoms with Crippen LogP contribution in [0.15, 0.2) is 0 Å². The summed E-state index contributed by atoms with van der Waals surface area (Å²) in [6.07, 6.45) is -0.363. The Bertz CT molecular complexity index is 430. The molecule has 18 heavy (non-hydrogen) atoms. The zero-order valence-electron chi connectivity index (χ0n) is 12.1. The normalized spacial score (nSPS) is 36.8. The molecule has 2 aliphatic rings. The molecule has 1 heterocycles. The fraction of sp³-hybridized carbons (Fsp3) is 0.857. The quantitative estimate of drug-likeness (QED) is 0.664. The zero-order valence-corrected chi connectivity index (χ0v) is 12.1. The van der Waals surface area contributed by atoms with E-state index in [1.165, 1.54) is 0 Å². The maximum atomic E-state index is 12.1. The SMILES string of the molecule is CC(C)(C)OC(=O)N1C[C@H]2C(C)(C)[C@]2(C)[C@@H]1C#N. The fourth-order valence-electron chi connectivity index (χ4n) is 3.43. The van der Waals surface area contributed by atoms with Crippen molar-refractivity contribution in [2.45, 2.75) is 53.2 Å². The molecule has 0 N–H and O–H groups in total. The summed E-state index contributed by atoms with van der Waals surface area (Å²) in [5.41, 5.74) is -0.454. The Morgan fingerprint density at radius 2 is 1.94 bits per heavy atom. The smallest absolute Gasteiger partial charge is 0.411 e. The molecule has 1 saturated carbocycles. The molecule has 0 bridgehead atoms. The van der Waals surface area contributed by atoms with Crippen molar-refractivity contribution in [3.05, 3.63) is 0 Å². The summed E-state index contributed by atoms with van der Waals surface area (Å²) in [7, 11) is 0. The van der Waals surface area contributed by atoms with Gasteiger partial charge in [-0.2, -0.15) is 5.26 Å². The van der Waals surface area contributed by atoms with E-state index in [0.29, 0.717) is 12.5 Å². The van der Waals surface area contributed by atoms with Gasteiger partial charge in [-0.25, -0.2) is 4.79 Å². The number of nitrogens with zero attached hydrogens (tertiary/aromatic N) is 2. The molecule has 0 aromatic carbocycles. The summed E-state index contributed by atoms with van der Waals surface area (Å²) < 4.78 is 5.37. The van der Waals surface area contributed by atoms with Crippen LogP contribution < -0.4 is 0 Å². The van der Waals surface area contributed by atoms with E-state index in [1.54, 1.807) is 4.90 Å². The minimum Gasteiger partial charge on any atom is -0.444 e. The Balaban J connectivity index is 2.16. The summed E-state index contributed by atoms with van der Waals surface area (Å²) >= 11 is 0. The van der Waals surface area contributed by atoms with Crippen LogP contribution >= 0.6 is 0 Å². The Labute approximate surface area is 109 Å². The molecular weight excluding hydrogens is 228 g/mol. The number of carbonyl (C=O) groups excluding carboxylic acids is 1. The van der Waals surface area contributed by atoms with Gasteiger partial charge in [-0.05, 0) is 32.1 Å². The van der Waals surface area contributed by atoms with Gasteiger partial charge in [-0.1, -0.05) is 20.8 Å². The Hall–Kier alpha value is -1.24. The minimum atomic E-state index is -0.514. The minimum absolute atomic E-state index is 0.0847. The lowest BCUT2D eigenvalue weighted by Gasteiger charge is -2.31. The molecule has 2 rings (SSSR count). The predicted molar refractivity (Wildman–Crippen MR) is 67.7 cm³/mol. The van der Waals surface area contributed by atoms with Crippen molar-refractivity contribution in [3.63, 3.8) is 0 Å². The third kappa shape index (κ3) is 1.53. The molecule has 0 spiro atoms. The van der Waals surface area contributed by atoms with Crippen molar-refractivity contribution in [2.75, 3.05) is 6.54 Å². The first-order chi connectivity index (χ1) is 8.05. The van der Waals surface area contributed by atoms with Gasteiger partial charge in [0, 0.05) is 12.0 Å². The lowest BCUT2D eigenvalue weighted by atomic mass is 9.90. The second-order valence-corrected chi connectivity index (χ2v) is 7.22. The molecule has 1 aliphatic carbocycles. The first-order valence-electron chi connectivity index (χ1n) is 6.45. The molecule has 0 aromatic heterocycles. The largest absolute Gasteiger partial charge is 0.444 e. The molecule has 4 nitrogen and oxygen atoms in total. The number of fused-ring (bicyclic) bond motifs is 1. The van der Waals surface area contributed by atoms with Crippen LogP contribution in [0.4, 0.5) is 4.79 Å². The van der Waals surface area contributed by atoms with E-state index in [4.69, 9.17) is 4.74 Å². The number of hydrogen-bond acceptors (Lipinski definition) is 3. The van der Waals surface area contributed by atoms with Gasteiger partial charge in [0.2, 0.25) is 0 Å². The van der Waals surface area contributed by atoms with Crippen molar-refractivity contribution >= 4 is 6.09 Å². The van der Waals surface area contributed by atoms with E-state index in [9.17, 15) is 10.1 Å². The summed E-state index contributed by atoms with van der Waals surface area (Å²) in [5.74, 6) is 0.405. The number of piperidine rings is 1. The topological polar surface area (TPSA) is 53.3 Å². The van der Waals surface area contributed by atoms with Crippen LogP contribution in [-0.4, -0.2) is 29.2 Å². The zero-order chi connectivity index (χ0) is 13.9. The molecule has 0 unspecified atom stereocenters. The Morgan fingerprint density at radius 3 is 2.39 bits per heavy atom. The van der Waals surface area contributed by atoms with Crippen LogP contribution in [-0.2, 0) is 4.74 Å². The number of carbonyl (C=O) groups is 1. The first-order valence-corrected chi connectivity index (χ1v) is 6.45. The molecule has 3 atom stereocenters. The number of ether oxygens (including phenoxy) is 1. The van der Waals surface area contributed by atoms with Gasteiger partial charge in [0.25, 0.3) is 0 Å². The lowest BCUT2D eigenvalue weighted by Crippen LogP contribution is -2.45. The maximum Gasteiger partial charge on any atom is 0.411 e. The number of nitriles is 1. The third-order valence-corrected chi connectivity index (χ3v) is 4.91. The average molecular weight is 250 g/mol. The fourth-order valence-corrected chi connectivity index (χ4v) is 3.43. The van der Waals surface area contributed by atoms with Gasteiger partial charge in [0.15, 0.2) is 0 Å². The van der Waals surface area contributed by atoms with Crippen LogP contribution in [0.5, 0.6) is 0 Å². The van der Waals surface area contributed by atoms with E-state index < -0.39 is 5.60 Å². The third-order valence-electron chi connectivity index (χ3n) is 4.91. The van der Waals surface area contributed by atoms with Gasteiger partial charge in [-0.3, -0.25) is 4.90 Å². The summed E-state index contributed by atoms with van der Waals surface area (Å²) in [4.78, 5) is 13.7. The van der Waals surface area contributed by atoms with Gasteiger partial charge >= 0.3 is 6.09 Å². The molecule has 1 aliphatic heterocycles. The number of likely N-dealkylation sites (tertiary alicyclic amines) is 1. The van der Waals surface area contributed by atoms with Crippen LogP contribution in [0.25, 0.3) is 0 Å².